The first-order valence-corrected chi connectivity index (χ1v) is 8.63. The van der Waals surface area contributed by atoms with E-state index in [-0.39, 0.29) is 29.7 Å². The van der Waals surface area contributed by atoms with E-state index < -0.39 is 29.6 Å². The fourth-order valence-electron chi connectivity index (χ4n) is 2.71. The van der Waals surface area contributed by atoms with Gasteiger partial charge in [0.25, 0.3) is 0 Å². The second-order valence-corrected chi connectivity index (χ2v) is 6.39. The molecule has 1 heterocycles. The maximum absolute atomic E-state index is 13.1. The molecule has 0 bridgehead atoms. The molecule has 158 valence electrons. The Morgan fingerprint density at radius 3 is 2.00 bits per heavy atom. The molecule has 0 saturated heterocycles. The Morgan fingerprint density at radius 2 is 1.43 bits per heavy atom. The Balaban J connectivity index is 1.88. The van der Waals surface area contributed by atoms with Gasteiger partial charge in [0.2, 0.25) is 0 Å². The molecule has 2 N–H and O–H groups in total. The van der Waals surface area contributed by atoms with Gasteiger partial charge in [-0.05, 0) is 23.8 Å². The Bertz CT molecular complexity index is 973. The second kappa shape index (κ2) is 8.31. The van der Waals surface area contributed by atoms with Gasteiger partial charge in [-0.3, -0.25) is 0 Å². The molecule has 1 atom stereocenters. The van der Waals surface area contributed by atoms with Crippen molar-refractivity contribution in [2.45, 2.75) is 18.5 Å². The van der Waals surface area contributed by atoms with Gasteiger partial charge in [-0.2, -0.15) is 26.3 Å². The average molecular weight is 427 g/mol. The van der Waals surface area contributed by atoms with Crippen molar-refractivity contribution in [3.63, 3.8) is 0 Å². The van der Waals surface area contributed by atoms with Gasteiger partial charge >= 0.3 is 12.4 Å². The monoisotopic (exact) mass is 427 g/mol. The standard InChI is InChI=1S/C20H15F6N3O/c21-19(22,23)14-6-13(7-15(8-14)20(24,25)26)16-9-18(29-11-28-16)27-10-17(30)12-4-2-1-3-5-12/h1-9,11,17,30H,10H2,(H,27,28,29). The van der Waals surface area contributed by atoms with E-state index in [0.717, 1.165) is 6.33 Å². The SMILES string of the molecule is OC(CNc1cc(-c2cc(C(F)(F)F)cc(C(F)(F)F)c2)ncn1)c1ccccc1. The van der Waals surface area contributed by atoms with Crippen molar-refractivity contribution >= 4 is 5.82 Å². The van der Waals surface area contributed by atoms with Crippen LogP contribution >= 0.6 is 0 Å². The van der Waals surface area contributed by atoms with Crippen LogP contribution in [0.4, 0.5) is 32.2 Å². The zero-order chi connectivity index (χ0) is 21.9. The summed E-state index contributed by atoms with van der Waals surface area (Å²) in [6.45, 7) is 0.0247. The number of alkyl halides is 6. The molecule has 0 fully saturated rings. The lowest BCUT2D eigenvalue weighted by atomic mass is 10.0. The summed E-state index contributed by atoms with van der Waals surface area (Å²) in [5.41, 5.74) is -2.71. The fraction of sp³-hybridized carbons (Fsp3) is 0.200. The molecule has 0 amide bonds. The summed E-state index contributed by atoms with van der Waals surface area (Å²) < 4.78 is 78.4. The lowest BCUT2D eigenvalue weighted by molar-refractivity contribution is -0.143. The lowest BCUT2D eigenvalue weighted by Gasteiger charge is -2.15. The van der Waals surface area contributed by atoms with Crippen LogP contribution in [0, 0.1) is 0 Å². The van der Waals surface area contributed by atoms with Crippen molar-refractivity contribution in [3.8, 4) is 11.3 Å². The molecule has 0 aliphatic heterocycles. The number of anilines is 1. The molecule has 3 rings (SSSR count). The summed E-state index contributed by atoms with van der Waals surface area (Å²) in [7, 11) is 0. The summed E-state index contributed by atoms with van der Waals surface area (Å²) in [6, 6.07) is 11.1. The second-order valence-electron chi connectivity index (χ2n) is 6.39. The van der Waals surface area contributed by atoms with E-state index in [2.05, 4.69) is 15.3 Å². The van der Waals surface area contributed by atoms with E-state index in [9.17, 15) is 31.4 Å². The van der Waals surface area contributed by atoms with E-state index in [1.54, 1.807) is 30.3 Å². The van der Waals surface area contributed by atoms with Crippen molar-refractivity contribution in [1.82, 2.24) is 9.97 Å². The van der Waals surface area contributed by atoms with Gasteiger partial charge in [0.05, 0.1) is 22.9 Å². The third kappa shape index (κ3) is 5.26. The molecule has 30 heavy (non-hydrogen) atoms. The van der Waals surface area contributed by atoms with Gasteiger partial charge in [-0.1, -0.05) is 30.3 Å². The summed E-state index contributed by atoms with van der Waals surface area (Å²) in [5, 5.41) is 13.0. The van der Waals surface area contributed by atoms with Crippen molar-refractivity contribution < 1.29 is 31.4 Å². The Labute approximate surface area is 167 Å². The topological polar surface area (TPSA) is 58.0 Å². The first-order valence-electron chi connectivity index (χ1n) is 8.63. The number of hydrogen-bond donors (Lipinski definition) is 2. The minimum atomic E-state index is -4.95. The van der Waals surface area contributed by atoms with Crippen LogP contribution in [-0.2, 0) is 12.4 Å². The van der Waals surface area contributed by atoms with Crippen LogP contribution < -0.4 is 5.32 Å². The highest BCUT2D eigenvalue weighted by Crippen LogP contribution is 2.38. The first-order chi connectivity index (χ1) is 14.0. The largest absolute Gasteiger partial charge is 0.416 e. The quantitative estimate of drug-likeness (QED) is 0.541. The maximum atomic E-state index is 13.1. The minimum Gasteiger partial charge on any atom is -0.387 e. The zero-order valence-corrected chi connectivity index (χ0v) is 15.2. The average Bonchev–Trinajstić information content (AvgIpc) is 2.71. The normalized spacial score (nSPS) is 13.2. The Kier molecular flexibility index (Phi) is 5.97. The van der Waals surface area contributed by atoms with Crippen LogP contribution in [0.3, 0.4) is 0 Å². The number of rotatable bonds is 5. The highest BCUT2D eigenvalue weighted by atomic mass is 19.4. The van der Waals surface area contributed by atoms with Gasteiger partial charge in [0.1, 0.15) is 12.1 Å². The number of halogens is 6. The molecule has 1 aromatic heterocycles. The van der Waals surface area contributed by atoms with E-state index >= 15 is 0 Å². The van der Waals surface area contributed by atoms with Crippen LogP contribution in [0.1, 0.15) is 22.8 Å². The third-order valence-corrected chi connectivity index (χ3v) is 4.21. The number of aliphatic hydroxyl groups is 1. The van der Waals surface area contributed by atoms with Gasteiger partial charge in [0, 0.05) is 18.2 Å². The van der Waals surface area contributed by atoms with E-state index in [1.165, 1.54) is 6.07 Å². The number of aromatic nitrogens is 2. The lowest BCUT2D eigenvalue weighted by Crippen LogP contribution is -2.13. The molecule has 0 aliphatic carbocycles. The van der Waals surface area contributed by atoms with Crippen LogP contribution in [0.25, 0.3) is 11.3 Å². The molecule has 0 radical (unpaired) electrons. The van der Waals surface area contributed by atoms with Gasteiger partial charge in [0.15, 0.2) is 0 Å². The molecular weight excluding hydrogens is 412 g/mol. The first kappa shape index (κ1) is 21.6. The van der Waals surface area contributed by atoms with Crippen LogP contribution in [0.2, 0.25) is 0 Å². The molecule has 0 spiro atoms. The van der Waals surface area contributed by atoms with Crippen LogP contribution in [0.15, 0.2) is 60.9 Å². The van der Waals surface area contributed by atoms with Crippen molar-refractivity contribution in [2.75, 3.05) is 11.9 Å². The summed E-state index contributed by atoms with van der Waals surface area (Å²) in [4.78, 5) is 7.69. The minimum absolute atomic E-state index is 0.0247. The van der Waals surface area contributed by atoms with E-state index in [4.69, 9.17) is 0 Å². The fourth-order valence-corrected chi connectivity index (χ4v) is 2.71. The van der Waals surface area contributed by atoms with Gasteiger partial charge < -0.3 is 10.4 Å². The highest BCUT2D eigenvalue weighted by molar-refractivity contribution is 5.64. The molecule has 0 saturated carbocycles. The highest BCUT2D eigenvalue weighted by Gasteiger charge is 2.37. The van der Waals surface area contributed by atoms with Crippen molar-refractivity contribution in [2.24, 2.45) is 0 Å². The number of nitrogens with zero attached hydrogens (tertiary/aromatic N) is 2. The third-order valence-electron chi connectivity index (χ3n) is 4.21. The molecular formula is C20H15F6N3O. The number of hydrogen-bond acceptors (Lipinski definition) is 4. The summed E-state index contributed by atoms with van der Waals surface area (Å²) >= 11 is 0. The molecule has 0 aliphatic rings. The van der Waals surface area contributed by atoms with Gasteiger partial charge in [-0.15, -0.1) is 0 Å². The van der Waals surface area contributed by atoms with E-state index in [1.807, 2.05) is 0 Å². The molecule has 2 aromatic carbocycles. The predicted octanol–water partition coefficient (Wildman–Crippen LogP) is 5.33. The molecule has 1 unspecified atom stereocenters. The Hall–Kier alpha value is -3.14. The molecule has 3 aromatic rings. The van der Waals surface area contributed by atoms with Crippen LogP contribution in [0.5, 0.6) is 0 Å². The van der Waals surface area contributed by atoms with E-state index in [0.29, 0.717) is 17.7 Å². The summed E-state index contributed by atoms with van der Waals surface area (Å²) in [6.07, 6.45) is -9.79. The maximum Gasteiger partial charge on any atom is 0.416 e. The smallest absolute Gasteiger partial charge is 0.387 e. The molecule has 4 nitrogen and oxygen atoms in total. The zero-order valence-electron chi connectivity index (χ0n) is 15.2. The number of nitrogens with one attached hydrogen (secondary N) is 1. The number of aliphatic hydroxyl groups excluding tert-OH is 1. The van der Waals surface area contributed by atoms with Crippen molar-refractivity contribution in [1.29, 1.82) is 0 Å². The van der Waals surface area contributed by atoms with Crippen LogP contribution in [-0.4, -0.2) is 21.6 Å². The predicted molar refractivity (Wildman–Crippen MR) is 97.4 cm³/mol. The Morgan fingerprint density at radius 1 is 0.833 bits per heavy atom. The van der Waals surface area contributed by atoms with Crippen molar-refractivity contribution in [3.05, 3.63) is 77.6 Å². The number of benzene rings is 2. The molecule has 10 heteroatoms. The van der Waals surface area contributed by atoms with Gasteiger partial charge in [-0.25, -0.2) is 9.97 Å². The summed E-state index contributed by atoms with van der Waals surface area (Å²) in [5.74, 6) is 0.140.